The Morgan fingerprint density at radius 2 is 2.00 bits per heavy atom. The number of anilines is 1. The van der Waals surface area contributed by atoms with Gasteiger partial charge in [-0.25, -0.2) is 9.37 Å². The van der Waals surface area contributed by atoms with Gasteiger partial charge >= 0.3 is 0 Å². The maximum absolute atomic E-state index is 13.6. The van der Waals surface area contributed by atoms with Crippen LogP contribution < -0.4 is 10.6 Å². The molecule has 0 fully saturated rings. The fraction of sp³-hybridized carbons (Fsp3) is 0. The molecule has 0 spiro atoms. The van der Waals surface area contributed by atoms with E-state index in [-0.39, 0.29) is 10.7 Å². The van der Waals surface area contributed by atoms with Gasteiger partial charge in [0.1, 0.15) is 11.3 Å². The van der Waals surface area contributed by atoms with Crippen LogP contribution >= 0.6 is 35.2 Å². The van der Waals surface area contributed by atoms with E-state index in [0.717, 1.165) is 4.70 Å². The first-order valence-corrected chi connectivity index (χ1v) is 8.07. The van der Waals surface area contributed by atoms with Gasteiger partial charge < -0.3 is 5.32 Å². The van der Waals surface area contributed by atoms with Crippen LogP contribution in [0.25, 0.3) is 10.2 Å². The zero-order valence-corrected chi connectivity index (χ0v) is 13.9. The van der Waals surface area contributed by atoms with Gasteiger partial charge in [-0.3, -0.25) is 10.1 Å². The number of nitrogens with zero attached hydrogens (tertiary/aromatic N) is 1. The first-order valence-electron chi connectivity index (χ1n) is 6.46. The van der Waals surface area contributed by atoms with Crippen LogP contribution in [0.15, 0.2) is 42.5 Å². The molecule has 1 heterocycles. The van der Waals surface area contributed by atoms with Crippen molar-refractivity contribution in [3.8, 4) is 0 Å². The number of benzene rings is 2. The fourth-order valence-corrected chi connectivity index (χ4v) is 3.34. The summed E-state index contributed by atoms with van der Waals surface area (Å²) in [6.45, 7) is 0. The number of thiocarbonyl (C=S) groups is 1. The van der Waals surface area contributed by atoms with Gasteiger partial charge in [-0.05, 0) is 36.5 Å². The molecule has 23 heavy (non-hydrogen) atoms. The minimum atomic E-state index is -0.625. The summed E-state index contributed by atoms with van der Waals surface area (Å²) < 4.78 is 14.4. The van der Waals surface area contributed by atoms with Crippen molar-refractivity contribution in [2.45, 2.75) is 0 Å². The number of fused-ring (bicyclic) bond motifs is 1. The van der Waals surface area contributed by atoms with E-state index in [2.05, 4.69) is 15.6 Å². The molecule has 0 unspecified atom stereocenters. The van der Waals surface area contributed by atoms with Crippen LogP contribution in [0, 0.1) is 5.82 Å². The molecule has 0 bridgehead atoms. The third kappa shape index (κ3) is 3.47. The molecule has 0 aliphatic rings. The molecule has 0 radical (unpaired) electrons. The molecule has 116 valence electrons. The number of carbonyl (C=O) groups excluding carboxylic acids is 1. The predicted octanol–water partition coefficient (Wildman–Crippen LogP) is 4.22. The minimum absolute atomic E-state index is 0.0356. The molecule has 0 aliphatic heterocycles. The molecule has 0 saturated heterocycles. The minimum Gasteiger partial charge on any atom is -0.308 e. The van der Waals surface area contributed by atoms with E-state index in [1.165, 1.54) is 29.5 Å². The van der Waals surface area contributed by atoms with Crippen molar-refractivity contribution < 1.29 is 9.18 Å². The van der Waals surface area contributed by atoms with Crippen LogP contribution in [0.1, 0.15) is 10.4 Å². The van der Waals surface area contributed by atoms with E-state index in [9.17, 15) is 9.18 Å². The number of hydrogen-bond acceptors (Lipinski definition) is 4. The number of amides is 1. The van der Waals surface area contributed by atoms with Crippen molar-refractivity contribution in [2.75, 3.05) is 5.32 Å². The maximum Gasteiger partial charge on any atom is 0.260 e. The normalized spacial score (nSPS) is 10.5. The van der Waals surface area contributed by atoms with E-state index in [1.54, 1.807) is 12.1 Å². The summed E-state index contributed by atoms with van der Waals surface area (Å²) in [7, 11) is 0. The Bertz CT molecular complexity index is 913. The summed E-state index contributed by atoms with van der Waals surface area (Å²) in [4.78, 5) is 16.3. The summed E-state index contributed by atoms with van der Waals surface area (Å²) in [5.41, 5.74) is 0.578. The lowest BCUT2D eigenvalue weighted by Gasteiger charge is -2.07. The Morgan fingerprint density at radius 3 is 2.74 bits per heavy atom. The number of thiazole rings is 1. The second kappa shape index (κ2) is 6.57. The lowest BCUT2D eigenvalue weighted by atomic mass is 10.2. The van der Waals surface area contributed by atoms with Crippen LogP contribution in [0.3, 0.4) is 0 Å². The second-order valence-corrected chi connectivity index (χ2v) is 6.34. The maximum atomic E-state index is 13.6. The van der Waals surface area contributed by atoms with Gasteiger partial charge in [0.15, 0.2) is 10.2 Å². The van der Waals surface area contributed by atoms with Crippen molar-refractivity contribution in [3.63, 3.8) is 0 Å². The molecular weight excluding hydrogens is 357 g/mol. The Balaban J connectivity index is 1.72. The number of para-hydroxylation sites is 1. The molecule has 2 N–H and O–H groups in total. The first kappa shape index (κ1) is 15.8. The zero-order valence-electron chi connectivity index (χ0n) is 11.5. The number of nitrogens with one attached hydrogen (secondary N) is 2. The summed E-state index contributed by atoms with van der Waals surface area (Å²) in [5.74, 6) is -1.24. The highest BCUT2D eigenvalue weighted by atomic mass is 35.5. The summed E-state index contributed by atoms with van der Waals surface area (Å²) >= 11 is 12.5. The molecule has 2 aromatic carbocycles. The van der Waals surface area contributed by atoms with E-state index >= 15 is 0 Å². The van der Waals surface area contributed by atoms with Gasteiger partial charge in [-0.15, -0.1) is 0 Å². The van der Waals surface area contributed by atoms with Crippen molar-refractivity contribution in [1.29, 1.82) is 0 Å². The molecule has 0 saturated carbocycles. The molecule has 3 rings (SSSR count). The third-order valence-electron chi connectivity index (χ3n) is 2.94. The molecule has 1 amide bonds. The predicted molar refractivity (Wildman–Crippen MR) is 94.7 cm³/mol. The topological polar surface area (TPSA) is 54.0 Å². The van der Waals surface area contributed by atoms with Crippen LogP contribution in [-0.2, 0) is 0 Å². The highest BCUT2D eigenvalue weighted by molar-refractivity contribution is 7.80. The van der Waals surface area contributed by atoms with Gasteiger partial charge in [-0.2, -0.15) is 0 Å². The molecule has 0 aliphatic carbocycles. The van der Waals surface area contributed by atoms with Crippen molar-refractivity contribution in [2.24, 2.45) is 0 Å². The number of rotatable bonds is 2. The smallest absolute Gasteiger partial charge is 0.260 e. The molecule has 1 aromatic heterocycles. The highest BCUT2D eigenvalue weighted by Gasteiger charge is 2.13. The Hall–Kier alpha value is -2.09. The Morgan fingerprint density at radius 1 is 1.22 bits per heavy atom. The Labute approximate surface area is 145 Å². The monoisotopic (exact) mass is 365 g/mol. The quantitative estimate of drug-likeness (QED) is 0.668. The molecule has 4 nitrogen and oxygen atoms in total. The average Bonchev–Trinajstić information content (AvgIpc) is 2.91. The molecule has 0 atom stereocenters. The lowest BCUT2D eigenvalue weighted by molar-refractivity contribution is 0.0974. The number of hydrogen-bond donors (Lipinski definition) is 2. The van der Waals surface area contributed by atoms with Gasteiger partial charge in [0.05, 0.1) is 15.3 Å². The van der Waals surface area contributed by atoms with Crippen LogP contribution in [-0.4, -0.2) is 16.0 Å². The largest absolute Gasteiger partial charge is 0.308 e. The summed E-state index contributed by atoms with van der Waals surface area (Å²) in [6.07, 6.45) is 0. The van der Waals surface area contributed by atoms with Crippen LogP contribution in [0.5, 0.6) is 0 Å². The standard InChI is InChI=1S/C15H9ClFN3OS2/c16-9-5-3-7-11-12(9)18-15(23-11)20-14(22)19-13(21)8-4-1-2-6-10(8)17/h1-7H,(H2,18,19,20,21,22). The van der Waals surface area contributed by atoms with Gasteiger partial charge in [0.2, 0.25) is 0 Å². The zero-order chi connectivity index (χ0) is 16.4. The number of carbonyl (C=O) groups is 1. The van der Waals surface area contributed by atoms with Gasteiger partial charge in [-0.1, -0.05) is 41.1 Å². The van der Waals surface area contributed by atoms with Crippen molar-refractivity contribution in [1.82, 2.24) is 10.3 Å². The van der Waals surface area contributed by atoms with Crippen LogP contribution in [0.4, 0.5) is 9.52 Å². The number of halogens is 2. The van der Waals surface area contributed by atoms with E-state index in [4.69, 9.17) is 23.8 Å². The Kier molecular flexibility index (Phi) is 4.51. The van der Waals surface area contributed by atoms with Gasteiger partial charge in [0, 0.05) is 0 Å². The molecule has 8 heteroatoms. The SMILES string of the molecule is O=C(NC(=S)Nc1nc2c(Cl)cccc2s1)c1ccccc1F. The van der Waals surface area contributed by atoms with E-state index < -0.39 is 11.7 Å². The second-order valence-electron chi connectivity index (χ2n) is 4.49. The van der Waals surface area contributed by atoms with E-state index in [1.807, 2.05) is 12.1 Å². The van der Waals surface area contributed by atoms with Crippen molar-refractivity contribution in [3.05, 3.63) is 58.9 Å². The lowest BCUT2D eigenvalue weighted by Crippen LogP contribution is -2.34. The summed E-state index contributed by atoms with van der Waals surface area (Å²) in [6, 6.07) is 11.1. The van der Waals surface area contributed by atoms with E-state index in [0.29, 0.717) is 15.7 Å². The first-order chi connectivity index (χ1) is 11.0. The van der Waals surface area contributed by atoms with Crippen molar-refractivity contribution >= 4 is 61.5 Å². The summed E-state index contributed by atoms with van der Waals surface area (Å²) in [5, 5.41) is 6.29. The molecule has 3 aromatic rings. The molecular formula is C15H9ClFN3OS2. The highest BCUT2D eigenvalue weighted by Crippen LogP contribution is 2.30. The fourth-order valence-electron chi connectivity index (χ4n) is 1.91. The van der Waals surface area contributed by atoms with Gasteiger partial charge in [0.25, 0.3) is 5.91 Å². The number of aromatic nitrogens is 1. The third-order valence-corrected chi connectivity index (χ3v) is 4.38. The average molecular weight is 366 g/mol. The van der Waals surface area contributed by atoms with Crippen LogP contribution in [0.2, 0.25) is 5.02 Å².